The highest BCUT2D eigenvalue weighted by Crippen LogP contribution is 2.31. The highest BCUT2D eigenvalue weighted by molar-refractivity contribution is 9.10. The molecule has 0 unspecified atom stereocenters. The largest absolute Gasteiger partial charge is 0.369 e. The van der Waals surface area contributed by atoms with Crippen molar-refractivity contribution in [3.63, 3.8) is 0 Å². The third-order valence-electron chi connectivity index (χ3n) is 4.68. The second-order valence-electron chi connectivity index (χ2n) is 6.18. The maximum atomic E-state index is 12.4. The second-order valence-corrected chi connectivity index (χ2v) is 7.09. The Kier molecular flexibility index (Phi) is 4.27. The first kappa shape index (κ1) is 16.2. The predicted octanol–water partition coefficient (Wildman–Crippen LogP) is 2.15. The fourth-order valence-electron chi connectivity index (χ4n) is 3.32. The van der Waals surface area contributed by atoms with Gasteiger partial charge in [0, 0.05) is 48.7 Å². The molecule has 0 radical (unpaired) electrons. The molecule has 1 amide bonds. The van der Waals surface area contributed by atoms with Crippen LogP contribution in [-0.2, 0) is 4.79 Å². The van der Waals surface area contributed by atoms with Crippen LogP contribution in [0.1, 0.15) is 10.4 Å². The van der Waals surface area contributed by atoms with Gasteiger partial charge in [0.15, 0.2) is 0 Å². The zero-order chi connectivity index (χ0) is 17.4. The monoisotopic (exact) mass is 400 g/mol. The van der Waals surface area contributed by atoms with Crippen molar-refractivity contribution in [1.82, 2.24) is 9.88 Å². The van der Waals surface area contributed by atoms with Gasteiger partial charge in [0.25, 0.3) is 5.78 Å². The standard InChI is InChI=1S/C18H17BrN4O2/c19-13-1-2-16-15(11-13)17(24)18(25)23(16)12-21-7-9-22(10-8-21)14-3-5-20-6-4-14/h1-6,11H,7-10,12H2. The molecule has 0 aliphatic carbocycles. The number of fused-ring (bicyclic) bond motifs is 1. The Morgan fingerprint density at radius 2 is 1.72 bits per heavy atom. The highest BCUT2D eigenvalue weighted by Gasteiger charge is 2.37. The van der Waals surface area contributed by atoms with E-state index >= 15 is 0 Å². The van der Waals surface area contributed by atoms with Crippen molar-refractivity contribution in [2.45, 2.75) is 0 Å². The lowest BCUT2D eigenvalue weighted by Gasteiger charge is -2.37. The quantitative estimate of drug-likeness (QED) is 0.738. The van der Waals surface area contributed by atoms with Gasteiger partial charge in [-0.15, -0.1) is 0 Å². The molecule has 0 atom stereocenters. The first-order valence-electron chi connectivity index (χ1n) is 8.16. The molecule has 25 heavy (non-hydrogen) atoms. The van der Waals surface area contributed by atoms with Crippen molar-refractivity contribution in [2.24, 2.45) is 0 Å². The molecule has 0 saturated carbocycles. The van der Waals surface area contributed by atoms with Crippen molar-refractivity contribution in [1.29, 1.82) is 0 Å². The van der Waals surface area contributed by atoms with Crippen molar-refractivity contribution < 1.29 is 9.59 Å². The summed E-state index contributed by atoms with van der Waals surface area (Å²) in [5, 5.41) is 0. The summed E-state index contributed by atoms with van der Waals surface area (Å²) < 4.78 is 0.806. The molecule has 128 valence electrons. The third-order valence-corrected chi connectivity index (χ3v) is 5.17. The molecule has 2 aliphatic rings. The number of anilines is 2. The highest BCUT2D eigenvalue weighted by atomic mass is 79.9. The zero-order valence-electron chi connectivity index (χ0n) is 13.6. The summed E-state index contributed by atoms with van der Waals surface area (Å²) in [6, 6.07) is 9.42. The maximum Gasteiger partial charge on any atom is 0.300 e. The average Bonchev–Trinajstić information content (AvgIpc) is 2.88. The van der Waals surface area contributed by atoms with E-state index in [9.17, 15) is 9.59 Å². The number of hydrogen-bond acceptors (Lipinski definition) is 5. The fraction of sp³-hybridized carbons (Fsp3) is 0.278. The number of aromatic nitrogens is 1. The number of nitrogens with zero attached hydrogens (tertiary/aromatic N) is 4. The Balaban J connectivity index is 1.44. The van der Waals surface area contributed by atoms with E-state index in [1.807, 2.05) is 24.3 Å². The van der Waals surface area contributed by atoms with Crippen LogP contribution in [0.5, 0.6) is 0 Å². The van der Waals surface area contributed by atoms with E-state index in [4.69, 9.17) is 0 Å². The van der Waals surface area contributed by atoms with Crippen molar-refractivity contribution >= 4 is 39.0 Å². The second kappa shape index (κ2) is 6.57. The van der Waals surface area contributed by atoms with Crippen LogP contribution in [0.2, 0.25) is 0 Å². The summed E-state index contributed by atoms with van der Waals surface area (Å²) in [6.45, 7) is 3.89. The van der Waals surface area contributed by atoms with E-state index in [1.165, 1.54) is 0 Å². The van der Waals surface area contributed by atoms with Gasteiger partial charge in [-0.25, -0.2) is 0 Å². The normalized spacial score (nSPS) is 18.0. The molecule has 4 rings (SSSR count). The number of hydrogen-bond donors (Lipinski definition) is 0. The van der Waals surface area contributed by atoms with Gasteiger partial charge in [0.2, 0.25) is 0 Å². The minimum Gasteiger partial charge on any atom is -0.369 e. The van der Waals surface area contributed by atoms with Crippen LogP contribution in [0.3, 0.4) is 0 Å². The minimum atomic E-state index is -0.440. The number of piperazine rings is 1. The molecule has 7 heteroatoms. The molecule has 6 nitrogen and oxygen atoms in total. The molecule has 1 aromatic carbocycles. The van der Waals surface area contributed by atoms with Crippen LogP contribution >= 0.6 is 15.9 Å². The molecule has 0 spiro atoms. The van der Waals surface area contributed by atoms with Crippen molar-refractivity contribution in [2.75, 3.05) is 42.6 Å². The van der Waals surface area contributed by atoms with Gasteiger partial charge in [0.1, 0.15) is 0 Å². The van der Waals surface area contributed by atoms with Crippen molar-refractivity contribution in [3.05, 3.63) is 52.8 Å². The van der Waals surface area contributed by atoms with Crippen molar-refractivity contribution in [3.8, 4) is 0 Å². The van der Waals surface area contributed by atoms with Crippen LogP contribution < -0.4 is 9.80 Å². The molecule has 2 aromatic rings. The topological polar surface area (TPSA) is 56.8 Å². The summed E-state index contributed by atoms with van der Waals surface area (Å²) in [4.78, 5) is 34.7. The van der Waals surface area contributed by atoms with E-state index in [0.717, 1.165) is 36.3 Å². The summed E-state index contributed by atoms with van der Waals surface area (Å²) >= 11 is 3.36. The van der Waals surface area contributed by atoms with E-state index in [0.29, 0.717) is 17.9 Å². The molecule has 1 saturated heterocycles. The van der Waals surface area contributed by atoms with E-state index in [-0.39, 0.29) is 0 Å². The number of Topliss-reactive ketones (excluding diaryl/α,β-unsaturated/α-hetero) is 1. The van der Waals surface area contributed by atoms with Gasteiger partial charge in [0.05, 0.1) is 17.9 Å². The number of benzene rings is 1. The Morgan fingerprint density at radius 3 is 2.44 bits per heavy atom. The van der Waals surface area contributed by atoms with Gasteiger partial charge < -0.3 is 4.90 Å². The fourth-order valence-corrected chi connectivity index (χ4v) is 3.68. The SMILES string of the molecule is O=C1C(=O)N(CN2CCN(c3ccncc3)CC2)c2ccc(Br)cc21. The van der Waals surface area contributed by atoms with Gasteiger partial charge >= 0.3 is 5.91 Å². The zero-order valence-corrected chi connectivity index (χ0v) is 15.1. The molecular formula is C18H17BrN4O2. The van der Waals surface area contributed by atoms with Gasteiger partial charge in [-0.3, -0.25) is 24.4 Å². The first-order valence-corrected chi connectivity index (χ1v) is 8.96. The summed E-state index contributed by atoms with van der Waals surface area (Å²) in [7, 11) is 0. The van der Waals surface area contributed by atoms with Crippen LogP contribution in [0.4, 0.5) is 11.4 Å². The van der Waals surface area contributed by atoms with Crippen LogP contribution in [-0.4, -0.2) is 54.4 Å². The lowest BCUT2D eigenvalue weighted by atomic mass is 10.1. The smallest absolute Gasteiger partial charge is 0.300 e. The number of carbonyl (C=O) groups excluding carboxylic acids is 2. The van der Waals surface area contributed by atoms with Crippen LogP contribution in [0.15, 0.2) is 47.2 Å². The number of rotatable bonds is 3. The van der Waals surface area contributed by atoms with Gasteiger partial charge in [-0.05, 0) is 30.3 Å². The molecule has 0 bridgehead atoms. The molecule has 3 heterocycles. The average molecular weight is 401 g/mol. The third kappa shape index (κ3) is 3.05. The molecule has 2 aliphatic heterocycles. The lowest BCUT2D eigenvalue weighted by Crippen LogP contribution is -2.51. The van der Waals surface area contributed by atoms with Gasteiger partial charge in [-0.1, -0.05) is 15.9 Å². The summed E-state index contributed by atoms with van der Waals surface area (Å²) in [5.41, 5.74) is 2.35. The summed E-state index contributed by atoms with van der Waals surface area (Å²) in [6.07, 6.45) is 3.59. The first-order chi connectivity index (χ1) is 12.1. The number of ketones is 1. The predicted molar refractivity (Wildman–Crippen MR) is 98.8 cm³/mol. The summed E-state index contributed by atoms with van der Waals surface area (Å²) in [5.74, 6) is -0.864. The van der Waals surface area contributed by atoms with E-state index < -0.39 is 11.7 Å². The molecule has 1 aromatic heterocycles. The Labute approximate surface area is 154 Å². The molecule has 0 N–H and O–H groups in total. The lowest BCUT2D eigenvalue weighted by molar-refractivity contribution is -0.114. The number of amides is 1. The number of halogens is 1. The van der Waals surface area contributed by atoms with Crippen LogP contribution in [0.25, 0.3) is 0 Å². The maximum absolute atomic E-state index is 12.4. The van der Waals surface area contributed by atoms with E-state index in [2.05, 4.69) is 30.7 Å². The van der Waals surface area contributed by atoms with Crippen LogP contribution in [0, 0.1) is 0 Å². The molecule has 1 fully saturated rings. The Hall–Kier alpha value is -2.25. The Bertz CT molecular complexity index is 819. The minimum absolute atomic E-state index is 0.424. The number of pyridine rings is 1. The Morgan fingerprint density at radius 1 is 1.00 bits per heavy atom. The number of carbonyl (C=O) groups is 2. The van der Waals surface area contributed by atoms with E-state index in [1.54, 1.807) is 23.4 Å². The van der Waals surface area contributed by atoms with Gasteiger partial charge in [-0.2, -0.15) is 0 Å². The molecular weight excluding hydrogens is 384 g/mol.